The lowest BCUT2D eigenvalue weighted by Crippen LogP contribution is -2.36. The largest absolute Gasteiger partial charge is 0.491 e. The van der Waals surface area contributed by atoms with Crippen molar-refractivity contribution in [2.24, 2.45) is 5.41 Å². The molecule has 1 heterocycles. The molecule has 0 saturated heterocycles. The number of ether oxygens (including phenoxy) is 1. The topological polar surface area (TPSA) is 21.3 Å². The maximum absolute atomic E-state index is 6.03. The van der Waals surface area contributed by atoms with Gasteiger partial charge in [0.1, 0.15) is 5.75 Å². The Labute approximate surface area is 111 Å². The second kappa shape index (κ2) is 4.52. The highest BCUT2D eigenvalue weighted by molar-refractivity contribution is 9.10. The zero-order valence-electron chi connectivity index (χ0n) is 9.97. The Kier molecular flexibility index (Phi) is 3.03. The number of anilines is 1. The molecule has 17 heavy (non-hydrogen) atoms. The van der Waals surface area contributed by atoms with Gasteiger partial charge in [0.2, 0.25) is 0 Å². The summed E-state index contributed by atoms with van der Waals surface area (Å²) < 4.78 is 7.11. The summed E-state index contributed by atoms with van der Waals surface area (Å²) in [7, 11) is 0. The van der Waals surface area contributed by atoms with Crippen LogP contribution in [0.3, 0.4) is 0 Å². The maximum atomic E-state index is 6.03. The first-order valence-electron chi connectivity index (χ1n) is 6.44. The smallest absolute Gasteiger partial charge is 0.143 e. The third-order valence-corrected chi connectivity index (χ3v) is 4.54. The molecular formula is C14H18BrNO. The molecule has 1 N–H and O–H groups in total. The Balaban J connectivity index is 1.82. The third-order valence-electron chi connectivity index (χ3n) is 4.05. The van der Waals surface area contributed by atoms with Crippen molar-refractivity contribution in [1.82, 2.24) is 0 Å². The average Bonchev–Trinajstić information content (AvgIpc) is 2.52. The van der Waals surface area contributed by atoms with E-state index in [1.807, 2.05) is 0 Å². The van der Waals surface area contributed by atoms with Crippen LogP contribution in [0.4, 0.5) is 5.69 Å². The van der Waals surface area contributed by atoms with Gasteiger partial charge in [-0.2, -0.15) is 0 Å². The molecular weight excluding hydrogens is 278 g/mol. The van der Waals surface area contributed by atoms with E-state index in [4.69, 9.17) is 4.74 Å². The van der Waals surface area contributed by atoms with E-state index < -0.39 is 0 Å². The molecule has 1 spiro atoms. The van der Waals surface area contributed by atoms with Gasteiger partial charge in [0.25, 0.3) is 0 Å². The molecule has 92 valence electrons. The number of halogens is 1. The number of fused-ring (bicyclic) bond motifs is 1. The Morgan fingerprint density at radius 1 is 1.18 bits per heavy atom. The van der Waals surface area contributed by atoms with Gasteiger partial charge in [-0.15, -0.1) is 0 Å². The summed E-state index contributed by atoms with van der Waals surface area (Å²) in [4.78, 5) is 0. The van der Waals surface area contributed by atoms with Crippen LogP contribution in [0.25, 0.3) is 0 Å². The number of hydrogen-bond donors (Lipinski definition) is 1. The summed E-state index contributed by atoms with van der Waals surface area (Å²) in [5.74, 6) is 0.988. The molecule has 1 saturated carbocycles. The minimum Gasteiger partial charge on any atom is -0.491 e. The van der Waals surface area contributed by atoms with Crippen LogP contribution >= 0.6 is 15.9 Å². The van der Waals surface area contributed by atoms with Crippen LogP contribution in [0, 0.1) is 5.41 Å². The SMILES string of the molecule is Brc1ccc2c(c1)OCC1(CCCCC1)CN2. The van der Waals surface area contributed by atoms with Crippen LogP contribution in [0.5, 0.6) is 5.75 Å². The van der Waals surface area contributed by atoms with Gasteiger partial charge < -0.3 is 10.1 Å². The van der Waals surface area contributed by atoms with E-state index in [0.29, 0.717) is 5.41 Å². The number of benzene rings is 1. The van der Waals surface area contributed by atoms with Crippen molar-refractivity contribution in [3.8, 4) is 5.75 Å². The third kappa shape index (κ3) is 2.30. The molecule has 3 heteroatoms. The van der Waals surface area contributed by atoms with Gasteiger partial charge in [0, 0.05) is 16.4 Å². The van der Waals surface area contributed by atoms with Crippen molar-refractivity contribution in [3.63, 3.8) is 0 Å². The van der Waals surface area contributed by atoms with Crippen LogP contribution < -0.4 is 10.1 Å². The summed E-state index contributed by atoms with van der Waals surface area (Å²) in [6, 6.07) is 6.22. The van der Waals surface area contributed by atoms with Crippen LogP contribution in [-0.4, -0.2) is 13.2 Å². The van der Waals surface area contributed by atoms with Crippen molar-refractivity contribution in [3.05, 3.63) is 22.7 Å². The van der Waals surface area contributed by atoms with Crippen molar-refractivity contribution in [1.29, 1.82) is 0 Å². The average molecular weight is 296 g/mol. The summed E-state index contributed by atoms with van der Waals surface area (Å²) in [5.41, 5.74) is 1.50. The van der Waals surface area contributed by atoms with E-state index in [0.717, 1.165) is 29.1 Å². The lowest BCUT2D eigenvalue weighted by atomic mass is 9.74. The molecule has 2 nitrogen and oxygen atoms in total. The minimum atomic E-state index is 0.365. The fraction of sp³-hybridized carbons (Fsp3) is 0.571. The van der Waals surface area contributed by atoms with E-state index >= 15 is 0 Å². The second-order valence-electron chi connectivity index (χ2n) is 5.34. The first-order chi connectivity index (χ1) is 8.27. The Bertz CT molecular complexity index is 413. The zero-order valence-corrected chi connectivity index (χ0v) is 11.6. The van der Waals surface area contributed by atoms with Gasteiger partial charge in [-0.3, -0.25) is 0 Å². The van der Waals surface area contributed by atoms with Gasteiger partial charge in [0.05, 0.1) is 12.3 Å². The predicted molar refractivity (Wildman–Crippen MR) is 73.6 cm³/mol. The minimum absolute atomic E-state index is 0.365. The van der Waals surface area contributed by atoms with Gasteiger partial charge in [-0.25, -0.2) is 0 Å². The molecule has 0 radical (unpaired) electrons. The van der Waals surface area contributed by atoms with Crippen LogP contribution in [0.1, 0.15) is 32.1 Å². The van der Waals surface area contributed by atoms with E-state index in [9.17, 15) is 0 Å². The molecule has 0 bridgehead atoms. The molecule has 0 aromatic heterocycles. The van der Waals surface area contributed by atoms with Crippen molar-refractivity contribution < 1.29 is 4.74 Å². The number of hydrogen-bond acceptors (Lipinski definition) is 2. The Morgan fingerprint density at radius 3 is 2.82 bits per heavy atom. The van der Waals surface area contributed by atoms with Crippen molar-refractivity contribution >= 4 is 21.6 Å². The van der Waals surface area contributed by atoms with E-state index in [-0.39, 0.29) is 0 Å². The summed E-state index contributed by atoms with van der Waals surface area (Å²) >= 11 is 3.50. The van der Waals surface area contributed by atoms with E-state index in [1.165, 1.54) is 32.1 Å². The van der Waals surface area contributed by atoms with Crippen molar-refractivity contribution in [2.75, 3.05) is 18.5 Å². The molecule has 1 aliphatic carbocycles. The quantitative estimate of drug-likeness (QED) is 0.774. The highest BCUT2D eigenvalue weighted by Crippen LogP contribution is 2.41. The maximum Gasteiger partial charge on any atom is 0.143 e. The van der Waals surface area contributed by atoms with Crippen LogP contribution in [0.15, 0.2) is 22.7 Å². The summed E-state index contributed by atoms with van der Waals surface area (Å²) in [5, 5.41) is 3.57. The van der Waals surface area contributed by atoms with Crippen molar-refractivity contribution in [2.45, 2.75) is 32.1 Å². The molecule has 0 amide bonds. The molecule has 1 aromatic carbocycles. The standard InChI is InChI=1S/C14H18BrNO/c15-11-4-5-12-13(8-11)17-10-14(9-16-12)6-2-1-3-7-14/h4-5,8,16H,1-3,6-7,9-10H2. The van der Waals surface area contributed by atoms with Crippen LogP contribution in [-0.2, 0) is 0 Å². The number of rotatable bonds is 0. The molecule has 0 atom stereocenters. The van der Waals surface area contributed by atoms with Gasteiger partial charge in [-0.1, -0.05) is 35.2 Å². The fourth-order valence-electron chi connectivity index (χ4n) is 2.95. The van der Waals surface area contributed by atoms with E-state index in [1.54, 1.807) is 0 Å². The van der Waals surface area contributed by atoms with Gasteiger partial charge >= 0.3 is 0 Å². The fourth-order valence-corrected chi connectivity index (χ4v) is 3.29. The first kappa shape index (κ1) is 11.4. The lowest BCUT2D eigenvalue weighted by Gasteiger charge is -2.35. The molecule has 1 aliphatic heterocycles. The molecule has 1 aromatic rings. The van der Waals surface area contributed by atoms with Crippen LogP contribution in [0.2, 0.25) is 0 Å². The Hall–Kier alpha value is -0.700. The number of nitrogens with one attached hydrogen (secondary N) is 1. The molecule has 1 fully saturated rings. The Morgan fingerprint density at radius 2 is 2.00 bits per heavy atom. The molecule has 2 aliphatic rings. The van der Waals surface area contributed by atoms with Gasteiger partial charge in [0.15, 0.2) is 0 Å². The lowest BCUT2D eigenvalue weighted by molar-refractivity contribution is 0.115. The highest BCUT2D eigenvalue weighted by atomic mass is 79.9. The van der Waals surface area contributed by atoms with Gasteiger partial charge in [-0.05, 0) is 31.0 Å². The van der Waals surface area contributed by atoms with E-state index in [2.05, 4.69) is 39.4 Å². The molecule has 3 rings (SSSR count). The summed E-state index contributed by atoms with van der Waals surface area (Å²) in [6.45, 7) is 1.92. The second-order valence-corrected chi connectivity index (χ2v) is 6.26. The summed E-state index contributed by atoms with van der Waals surface area (Å²) in [6.07, 6.45) is 6.70. The molecule has 0 unspecified atom stereocenters. The predicted octanol–water partition coefficient (Wildman–Crippen LogP) is 4.20. The monoisotopic (exact) mass is 295 g/mol. The first-order valence-corrected chi connectivity index (χ1v) is 7.23. The highest BCUT2D eigenvalue weighted by Gasteiger charge is 2.34. The zero-order chi connectivity index (χ0) is 11.7. The normalized spacial score (nSPS) is 22.2.